The van der Waals surface area contributed by atoms with E-state index in [-0.39, 0.29) is 64.1 Å². The van der Waals surface area contributed by atoms with Gasteiger partial charge in [-0.15, -0.1) is 0 Å². The molecule has 2 aromatic heterocycles. The van der Waals surface area contributed by atoms with Crippen molar-refractivity contribution in [3.05, 3.63) is 329 Å². The maximum Gasteiger partial charge on any atom is 2.00 e. The van der Waals surface area contributed by atoms with Gasteiger partial charge < -0.3 is 48.0 Å². The van der Waals surface area contributed by atoms with Crippen LogP contribution in [0.3, 0.4) is 0 Å². The van der Waals surface area contributed by atoms with E-state index in [2.05, 4.69) is 310 Å². The Labute approximate surface area is 540 Å². The Morgan fingerprint density at radius 2 is 0.756 bits per heavy atom. The van der Waals surface area contributed by atoms with E-state index >= 15 is 0 Å². The fourth-order valence-electron chi connectivity index (χ4n) is 9.93. The molecule has 11 rings (SSSR count). The molecule has 0 unspecified atom stereocenters. The molecule has 0 amide bonds. The number of benzene rings is 8. The Morgan fingerprint density at radius 3 is 1.20 bits per heavy atom. The van der Waals surface area contributed by atoms with Gasteiger partial charge in [-0.1, -0.05) is 265 Å². The summed E-state index contributed by atoms with van der Waals surface area (Å²) in [5, 5.41) is 7.59. The predicted molar refractivity (Wildman–Crippen MR) is 367 cm³/mol. The van der Waals surface area contributed by atoms with Crippen molar-refractivity contribution in [3.63, 3.8) is 0 Å². The SMILES string of the molecule is CB1N(c2ccccn2)[C@@H](c2ccccc2)[C@H](c2ccccc2)N1c1ccccc1-c1ccccc1.[B]C.[CH2-]CC.[CH2-]CC.[CH2-]CC.[CH2-]CC.[Ni+2].[Ni+2].c1ccc(-c2ccccc2N[C@@H](c2ccccc2)[C@@H](Nc2ccccn2)c2ccccc2)cc1. The van der Waals surface area contributed by atoms with Gasteiger partial charge in [-0.25, -0.2) is 9.97 Å². The molecule has 1 saturated heterocycles. The molecular formula is C76H86B2N6Ni2. The van der Waals surface area contributed by atoms with Gasteiger partial charge in [0.2, 0.25) is 0 Å². The third-order valence-electron chi connectivity index (χ3n) is 13.1. The number of hydrogen-bond acceptors (Lipinski definition) is 6. The molecule has 8 aromatic carbocycles. The molecule has 446 valence electrons. The minimum absolute atomic E-state index is 0. The number of para-hydroxylation sites is 2. The second-order valence-corrected chi connectivity index (χ2v) is 19.4. The van der Waals surface area contributed by atoms with E-state index in [1.807, 2.05) is 64.4 Å². The van der Waals surface area contributed by atoms with Gasteiger partial charge in [-0.05, 0) is 76.6 Å². The summed E-state index contributed by atoms with van der Waals surface area (Å²) < 4.78 is 0. The summed E-state index contributed by atoms with van der Waals surface area (Å²) in [7, 11) is 4.50. The molecule has 0 saturated carbocycles. The molecule has 6 nitrogen and oxygen atoms in total. The Balaban J connectivity index is 0.000000365. The molecule has 10 aromatic rings. The summed E-state index contributed by atoms with van der Waals surface area (Å²) >= 11 is 0. The summed E-state index contributed by atoms with van der Waals surface area (Å²) in [6.45, 7) is 25.9. The van der Waals surface area contributed by atoms with Crippen molar-refractivity contribution in [2.75, 3.05) is 20.3 Å². The molecule has 4 atom stereocenters. The van der Waals surface area contributed by atoms with Crippen LogP contribution in [0.4, 0.5) is 23.0 Å². The summed E-state index contributed by atoms with van der Waals surface area (Å²) in [5.41, 5.74) is 12.1. The first-order valence-electron chi connectivity index (χ1n) is 29.5. The van der Waals surface area contributed by atoms with E-state index in [9.17, 15) is 0 Å². The zero-order chi connectivity index (χ0) is 60.2. The van der Waals surface area contributed by atoms with E-state index in [1.165, 1.54) is 57.0 Å². The van der Waals surface area contributed by atoms with Crippen molar-refractivity contribution >= 4 is 37.8 Å². The first-order valence-corrected chi connectivity index (χ1v) is 29.5. The molecule has 2 N–H and O–H groups in total. The summed E-state index contributed by atoms with van der Waals surface area (Å²) in [6.07, 6.45) is 7.71. The smallest absolute Gasteiger partial charge is 0.387 e. The van der Waals surface area contributed by atoms with Crippen molar-refractivity contribution in [1.29, 1.82) is 0 Å². The average Bonchev–Trinajstić information content (AvgIpc) is 1.83. The van der Waals surface area contributed by atoms with E-state index in [4.69, 9.17) is 4.98 Å². The standard InChI is InChI=1S/C32H28BN3.C31H27N3.4C3H7.CH3B.2Ni/c1-33-35(29-22-12-11-21-28(29)25-15-5-2-6-16-25)31(26-17-7-3-8-18-26)32(27-19-9-4-10-20-27)36(33)30-23-13-14-24-34-30;1-4-14-24(15-5-1)27-20-10-11-21-28(27)33-30(25-16-6-2-7-17-25)31(26-18-8-3-9-19-26)34-29-22-12-13-23-32-29;4*1-3-2;1-2;;/h2-24,31-32H,1H3;1-23,30-31,33H,(H,32,34);4*1,3H2,2H3;1H3;;/q;;4*-1;;2*+2/t31-,32-;30-,31-;;;;;;;/m00......./s1. The fourth-order valence-corrected chi connectivity index (χ4v) is 9.93. The minimum Gasteiger partial charge on any atom is -0.387 e. The van der Waals surface area contributed by atoms with Gasteiger partial charge in [0.15, 0.2) is 0 Å². The quantitative estimate of drug-likeness (QED) is 0.0886. The van der Waals surface area contributed by atoms with Gasteiger partial charge in [0.25, 0.3) is 0 Å². The Bertz CT molecular complexity index is 3220. The van der Waals surface area contributed by atoms with E-state index in [0.717, 1.165) is 43.0 Å². The average molecular weight is 1220 g/mol. The van der Waals surface area contributed by atoms with Gasteiger partial charge in [0, 0.05) is 34.9 Å². The van der Waals surface area contributed by atoms with Crippen molar-refractivity contribution in [1.82, 2.24) is 9.97 Å². The molecule has 1 aliphatic rings. The molecule has 0 aliphatic carbocycles. The van der Waals surface area contributed by atoms with Crippen LogP contribution < -0.4 is 20.3 Å². The van der Waals surface area contributed by atoms with Crippen LogP contribution in [0.5, 0.6) is 0 Å². The van der Waals surface area contributed by atoms with Gasteiger partial charge in [0.05, 0.1) is 32.0 Å². The van der Waals surface area contributed by atoms with Crippen LogP contribution in [0, 0.1) is 27.7 Å². The van der Waals surface area contributed by atoms with Crippen LogP contribution >= 0.6 is 0 Å². The Kier molecular flexibility index (Phi) is 35.7. The molecule has 2 radical (unpaired) electrons. The number of hydrogen-bond donors (Lipinski definition) is 2. The van der Waals surface area contributed by atoms with Crippen molar-refractivity contribution in [2.45, 2.75) is 91.2 Å². The largest absolute Gasteiger partial charge is 2.00 e. The van der Waals surface area contributed by atoms with E-state index < -0.39 is 0 Å². The zero-order valence-electron chi connectivity index (χ0n) is 51.1. The van der Waals surface area contributed by atoms with Crippen molar-refractivity contribution in [3.8, 4) is 22.3 Å². The second-order valence-electron chi connectivity index (χ2n) is 19.4. The van der Waals surface area contributed by atoms with Crippen LogP contribution in [-0.2, 0) is 33.0 Å². The summed E-state index contributed by atoms with van der Waals surface area (Å²) in [5.74, 6) is 1.83. The number of aromatic nitrogens is 2. The van der Waals surface area contributed by atoms with Crippen LogP contribution in [0.25, 0.3) is 22.3 Å². The normalized spacial score (nSPS) is 13.1. The van der Waals surface area contributed by atoms with Gasteiger partial charge in [-0.2, -0.15) is 25.7 Å². The maximum atomic E-state index is 4.82. The summed E-state index contributed by atoms with van der Waals surface area (Å²) in [4.78, 5) is 14.4. The summed E-state index contributed by atoms with van der Waals surface area (Å²) in [6, 6.07) is 93.6. The van der Waals surface area contributed by atoms with Crippen LogP contribution in [0.2, 0.25) is 13.6 Å². The number of anilines is 4. The second kappa shape index (κ2) is 42.2. The van der Waals surface area contributed by atoms with Crippen molar-refractivity contribution < 1.29 is 33.0 Å². The Morgan fingerprint density at radius 1 is 0.407 bits per heavy atom. The molecular weight excluding hydrogens is 1140 g/mol. The molecule has 1 aliphatic heterocycles. The van der Waals surface area contributed by atoms with Crippen molar-refractivity contribution in [2.24, 2.45) is 0 Å². The molecule has 10 heteroatoms. The molecule has 0 spiro atoms. The maximum absolute atomic E-state index is 4.82. The van der Waals surface area contributed by atoms with Crippen LogP contribution in [0.15, 0.2) is 279 Å². The predicted octanol–water partition coefficient (Wildman–Crippen LogP) is 20.6. The van der Waals surface area contributed by atoms with Crippen LogP contribution in [0.1, 0.15) is 99.8 Å². The van der Waals surface area contributed by atoms with Gasteiger partial charge in [0.1, 0.15) is 11.6 Å². The molecule has 0 bridgehead atoms. The first kappa shape index (κ1) is 72.6. The Hall–Kier alpha value is -7.62. The van der Waals surface area contributed by atoms with Gasteiger partial charge in [-0.3, -0.25) is 0 Å². The monoisotopic (exact) mass is 1220 g/mol. The molecule has 3 heterocycles. The fraction of sp³-hybridized carbons (Fsp3) is 0.184. The third-order valence-corrected chi connectivity index (χ3v) is 13.1. The number of rotatable bonds is 13. The van der Waals surface area contributed by atoms with Crippen LogP contribution in [-0.4, -0.2) is 24.8 Å². The molecule has 86 heavy (non-hydrogen) atoms. The van der Waals surface area contributed by atoms with E-state index in [1.54, 1.807) is 0 Å². The topological polar surface area (TPSA) is 56.3 Å². The first-order chi connectivity index (χ1) is 41.4. The number of nitrogens with zero attached hydrogens (tertiary/aromatic N) is 4. The molecule has 1 fully saturated rings. The van der Waals surface area contributed by atoms with Gasteiger partial charge >= 0.3 is 40.0 Å². The number of nitrogens with one attached hydrogen (secondary N) is 2. The minimum atomic E-state index is -0.0534. The zero-order valence-corrected chi connectivity index (χ0v) is 53.1. The number of pyridine rings is 2. The van der Waals surface area contributed by atoms with E-state index in [0.29, 0.717) is 0 Å². The third kappa shape index (κ3) is 21.4.